The van der Waals surface area contributed by atoms with Gasteiger partial charge in [-0.1, -0.05) is 5.10 Å². The second-order valence-corrected chi connectivity index (χ2v) is 8.04. The van der Waals surface area contributed by atoms with Crippen molar-refractivity contribution in [1.82, 2.24) is 10.2 Å². The number of carbonyl (C=O) groups excluding carboxylic acids is 1. The highest BCUT2D eigenvalue weighted by atomic mass is 79.9. The Labute approximate surface area is 154 Å². The summed E-state index contributed by atoms with van der Waals surface area (Å²) in [7, 11) is 1.61. The molecule has 124 valence electrons. The van der Waals surface area contributed by atoms with E-state index in [0.29, 0.717) is 5.89 Å². The van der Waals surface area contributed by atoms with Crippen LogP contribution < -0.4 is 10.1 Å². The number of nitrogens with one attached hydrogen (secondary N) is 1. The third-order valence-electron chi connectivity index (χ3n) is 2.88. The summed E-state index contributed by atoms with van der Waals surface area (Å²) in [6, 6.07) is 11.4. The van der Waals surface area contributed by atoms with Gasteiger partial charge in [-0.15, -0.1) is 28.2 Å². The highest BCUT2D eigenvalue weighted by molar-refractivity contribution is 9.11. The van der Waals surface area contributed by atoms with Gasteiger partial charge in [0.25, 0.3) is 5.89 Å². The molecule has 0 radical (unpaired) electrons. The lowest BCUT2D eigenvalue weighted by Crippen LogP contribution is -2.14. The van der Waals surface area contributed by atoms with Crippen LogP contribution in [0.2, 0.25) is 0 Å². The van der Waals surface area contributed by atoms with E-state index < -0.39 is 0 Å². The Bertz CT molecular complexity index is 833. The Morgan fingerprint density at radius 1 is 1.29 bits per heavy atom. The number of rotatable bonds is 6. The number of halogens is 1. The maximum absolute atomic E-state index is 12.0. The van der Waals surface area contributed by atoms with E-state index in [1.54, 1.807) is 7.11 Å². The van der Waals surface area contributed by atoms with Gasteiger partial charge in [0.15, 0.2) is 0 Å². The van der Waals surface area contributed by atoms with E-state index >= 15 is 0 Å². The molecular weight excluding hydrogens is 414 g/mol. The molecule has 2 aromatic heterocycles. The third kappa shape index (κ3) is 4.37. The summed E-state index contributed by atoms with van der Waals surface area (Å²) >= 11 is 6.27. The highest BCUT2D eigenvalue weighted by Crippen LogP contribution is 2.31. The molecule has 0 saturated carbocycles. The van der Waals surface area contributed by atoms with E-state index in [4.69, 9.17) is 9.15 Å². The van der Waals surface area contributed by atoms with Gasteiger partial charge < -0.3 is 9.15 Å². The van der Waals surface area contributed by atoms with Crippen LogP contribution in [0.1, 0.15) is 0 Å². The summed E-state index contributed by atoms with van der Waals surface area (Å²) in [6.45, 7) is 0. The van der Waals surface area contributed by atoms with Crippen LogP contribution >= 0.6 is 39.0 Å². The lowest BCUT2D eigenvalue weighted by Gasteiger charge is -2.03. The van der Waals surface area contributed by atoms with Crippen LogP contribution in [0.25, 0.3) is 10.8 Å². The van der Waals surface area contributed by atoms with Crippen LogP contribution in [0.15, 0.2) is 49.5 Å². The minimum absolute atomic E-state index is 0.0925. The Morgan fingerprint density at radius 3 is 2.75 bits per heavy atom. The van der Waals surface area contributed by atoms with Crippen molar-refractivity contribution in [3.8, 4) is 16.5 Å². The van der Waals surface area contributed by atoms with E-state index in [2.05, 4.69) is 31.4 Å². The van der Waals surface area contributed by atoms with E-state index in [-0.39, 0.29) is 17.7 Å². The van der Waals surface area contributed by atoms with Crippen LogP contribution in [0.4, 0.5) is 6.01 Å². The molecular formula is C15H12BrN3O3S2. The van der Waals surface area contributed by atoms with Crippen molar-refractivity contribution in [2.45, 2.75) is 4.90 Å². The quantitative estimate of drug-likeness (QED) is 0.593. The standard InChI is InChI=1S/C15H12BrN3O3S2/c1-21-9-2-4-10(5-3-9)23-8-13(20)17-15-19-18-14(22-15)11-6-7-12(16)24-11/h2-7H,8H2,1H3,(H,17,19,20). The van der Waals surface area contributed by atoms with E-state index in [0.717, 1.165) is 19.3 Å². The molecule has 1 aromatic carbocycles. The summed E-state index contributed by atoms with van der Waals surface area (Å²) in [5.41, 5.74) is 0. The number of anilines is 1. The number of carbonyl (C=O) groups is 1. The fraction of sp³-hybridized carbons (Fsp3) is 0.133. The zero-order chi connectivity index (χ0) is 16.9. The molecule has 0 saturated heterocycles. The molecule has 3 rings (SSSR count). The van der Waals surface area contributed by atoms with Gasteiger partial charge in [0.05, 0.1) is 21.5 Å². The number of hydrogen-bond donors (Lipinski definition) is 1. The number of nitrogens with zero attached hydrogens (tertiary/aromatic N) is 2. The van der Waals surface area contributed by atoms with Crippen LogP contribution in [-0.2, 0) is 4.79 Å². The van der Waals surface area contributed by atoms with Gasteiger partial charge in [-0.25, -0.2) is 0 Å². The molecule has 9 heteroatoms. The molecule has 24 heavy (non-hydrogen) atoms. The Kier molecular flexibility index (Phi) is 5.54. The van der Waals surface area contributed by atoms with E-state index in [1.807, 2.05) is 36.4 Å². The smallest absolute Gasteiger partial charge is 0.322 e. The SMILES string of the molecule is COc1ccc(SCC(=O)Nc2nnc(-c3ccc(Br)s3)o2)cc1. The average molecular weight is 426 g/mol. The first-order chi connectivity index (χ1) is 11.6. The van der Waals surface area contributed by atoms with Crippen LogP contribution in [-0.4, -0.2) is 29.0 Å². The van der Waals surface area contributed by atoms with E-state index in [1.165, 1.54) is 23.1 Å². The van der Waals surface area contributed by atoms with Gasteiger partial charge in [0.2, 0.25) is 5.91 Å². The summed E-state index contributed by atoms with van der Waals surface area (Å²) in [5, 5.41) is 10.4. The minimum Gasteiger partial charge on any atom is -0.497 e. The fourth-order valence-electron chi connectivity index (χ4n) is 1.78. The normalized spacial score (nSPS) is 10.6. The van der Waals surface area contributed by atoms with Gasteiger partial charge in [0.1, 0.15) is 5.75 Å². The Morgan fingerprint density at radius 2 is 2.08 bits per heavy atom. The monoisotopic (exact) mass is 425 g/mol. The molecule has 0 unspecified atom stereocenters. The Balaban J connectivity index is 1.54. The molecule has 2 heterocycles. The zero-order valence-corrected chi connectivity index (χ0v) is 15.7. The molecule has 3 aromatic rings. The first-order valence-corrected chi connectivity index (χ1v) is 9.39. The predicted molar refractivity (Wildman–Crippen MR) is 97.7 cm³/mol. The van der Waals surface area contributed by atoms with Gasteiger partial charge in [-0.3, -0.25) is 10.1 Å². The third-order valence-corrected chi connectivity index (χ3v) is 5.51. The number of aromatic nitrogens is 2. The molecule has 0 fully saturated rings. The van der Waals surface area contributed by atoms with Crippen LogP contribution in [0.3, 0.4) is 0 Å². The maximum Gasteiger partial charge on any atom is 0.322 e. The first kappa shape index (κ1) is 17.0. The Hall–Kier alpha value is -1.84. The number of thiophene rings is 1. The van der Waals surface area contributed by atoms with Gasteiger partial charge in [-0.2, -0.15) is 0 Å². The predicted octanol–water partition coefficient (Wildman–Crippen LogP) is 4.30. The summed E-state index contributed by atoms with van der Waals surface area (Å²) < 4.78 is 11.5. The number of thioether (sulfide) groups is 1. The second-order valence-electron chi connectivity index (χ2n) is 4.53. The van der Waals surface area contributed by atoms with Crippen molar-refractivity contribution in [2.75, 3.05) is 18.2 Å². The average Bonchev–Trinajstić information content (AvgIpc) is 3.22. The number of benzene rings is 1. The second kappa shape index (κ2) is 7.82. The lowest BCUT2D eigenvalue weighted by atomic mass is 10.3. The maximum atomic E-state index is 12.0. The molecule has 0 aliphatic rings. The topological polar surface area (TPSA) is 77.2 Å². The van der Waals surface area contributed by atoms with Crippen LogP contribution in [0, 0.1) is 0 Å². The van der Waals surface area contributed by atoms with Crippen molar-refractivity contribution in [2.24, 2.45) is 0 Å². The zero-order valence-electron chi connectivity index (χ0n) is 12.5. The van der Waals surface area contributed by atoms with Crippen molar-refractivity contribution < 1.29 is 13.9 Å². The minimum atomic E-state index is -0.210. The van der Waals surface area contributed by atoms with Crippen molar-refractivity contribution >= 4 is 51.0 Å². The summed E-state index contributed by atoms with van der Waals surface area (Å²) in [5.74, 6) is 1.19. The molecule has 0 aliphatic heterocycles. The van der Waals surface area contributed by atoms with Crippen LogP contribution in [0.5, 0.6) is 5.75 Å². The molecule has 0 spiro atoms. The number of hydrogen-bond acceptors (Lipinski definition) is 7. The molecule has 0 bridgehead atoms. The van der Waals surface area contributed by atoms with Crippen molar-refractivity contribution in [1.29, 1.82) is 0 Å². The largest absolute Gasteiger partial charge is 0.497 e. The number of ether oxygens (including phenoxy) is 1. The number of methoxy groups -OCH3 is 1. The van der Waals surface area contributed by atoms with E-state index in [9.17, 15) is 4.79 Å². The summed E-state index contributed by atoms with van der Waals surface area (Å²) in [4.78, 5) is 13.8. The molecule has 1 amide bonds. The molecule has 0 atom stereocenters. The molecule has 0 aliphatic carbocycles. The van der Waals surface area contributed by atoms with Gasteiger partial charge in [-0.05, 0) is 52.3 Å². The van der Waals surface area contributed by atoms with Gasteiger partial charge >= 0.3 is 6.01 Å². The highest BCUT2D eigenvalue weighted by Gasteiger charge is 2.13. The molecule has 6 nitrogen and oxygen atoms in total. The first-order valence-electron chi connectivity index (χ1n) is 6.80. The van der Waals surface area contributed by atoms with Gasteiger partial charge in [0, 0.05) is 4.90 Å². The van der Waals surface area contributed by atoms with Crippen molar-refractivity contribution in [3.63, 3.8) is 0 Å². The molecule has 1 N–H and O–H groups in total. The van der Waals surface area contributed by atoms with Crippen molar-refractivity contribution in [3.05, 3.63) is 40.2 Å². The lowest BCUT2D eigenvalue weighted by molar-refractivity contribution is -0.113. The fourth-order valence-corrected chi connectivity index (χ4v) is 3.78. The summed E-state index contributed by atoms with van der Waals surface area (Å²) in [6.07, 6.45) is 0. The number of amides is 1.